The van der Waals surface area contributed by atoms with Crippen LogP contribution in [0.5, 0.6) is 5.75 Å². The first-order chi connectivity index (χ1) is 14.2. The monoisotopic (exact) mass is 469 g/mol. The molecular weight excluding hydrogens is 454 g/mol. The number of carbonyl (C=O) groups is 1. The number of nitrogens with one attached hydrogen (secondary N) is 1. The molecule has 0 radical (unpaired) electrons. The van der Waals surface area contributed by atoms with Crippen molar-refractivity contribution in [3.05, 3.63) is 82.6 Å². The molecule has 0 aliphatic rings. The Kier molecular flexibility index (Phi) is 6.91. The minimum Gasteiger partial charge on any atom is -0.484 e. The van der Waals surface area contributed by atoms with Crippen molar-refractivity contribution in [3.63, 3.8) is 0 Å². The zero-order chi connectivity index (χ0) is 21.7. The lowest BCUT2D eigenvalue weighted by atomic mass is 10.2. The third-order valence-electron chi connectivity index (χ3n) is 3.97. The van der Waals surface area contributed by atoms with Crippen molar-refractivity contribution >= 4 is 45.0 Å². The van der Waals surface area contributed by atoms with Crippen molar-refractivity contribution in [1.29, 1.82) is 0 Å². The minimum atomic E-state index is -4.72. The molecule has 6 nitrogen and oxygen atoms in total. The normalized spacial score (nSPS) is 11.2. The number of carbonyl (C=O) groups excluding carboxylic acids is 1. The van der Waals surface area contributed by atoms with E-state index in [1.807, 2.05) is 0 Å². The molecule has 3 rings (SSSR count). The molecule has 0 fully saturated rings. The highest BCUT2D eigenvalue weighted by molar-refractivity contribution is 7.86. The van der Waals surface area contributed by atoms with Gasteiger partial charge >= 0.3 is 10.2 Å². The number of ether oxygens (including phenoxy) is 1. The first-order valence-electron chi connectivity index (χ1n) is 8.61. The largest absolute Gasteiger partial charge is 0.484 e. The average Bonchev–Trinajstić information content (AvgIpc) is 2.69. The summed E-state index contributed by atoms with van der Waals surface area (Å²) in [5, 5.41) is 3.44. The number of pyridine rings is 1. The number of anilines is 1. The van der Waals surface area contributed by atoms with Crippen LogP contribution in [0.15, 0.2) is 71.9 Å². The number of hydrogen-bond donors (Lipinski definition) is 1. The van der Waals surface area contributed by atoms with Crippen LogP contribution >= 0.6 is 23.2 Å². The second-order valence-corrected chi connectivity index (χ2v) is 8.42. The summed E-state index contributed by atoms with van der Waals surface area (Å²) in [7, 11) is -4.72. The van der Waals surface area contributed by atoms with Gasteiger partial charge < -0.3 is 10.1 Å². The summed E-state index contributed by atoms with van der Waals surface area (Å²) in [6.07, 6.45) is 3.48. The summed E-state index contributed by atoms with van der Waals surface area (Å²) < 4.78 is 41.9. The van der Waals surface area contributed by atoms with E-state index >= 15 is 0 Å². The summed E-state index contributed by atoms with van der Waals surface area (Å²) in [5.41, 5.74) is 1.31. The third-order valence-corrected chi connectivity index (χ3v) is 5.55. The quantitative estimate of drug-likeness (QED) is 0.419. The number of benzene rings is 2. The van der Waals surface area contributed by atoms with E-state index in [0.717, 1.165) is 5.56 Å². The molecule has 30 heavy (non-hydrogen) atoms. The topological polar surface area (TPSA) is 76.3 Å². The van der Waals surface area contributed by atoms with Crippen molar-refractivity contribution in [3.8, 4) is 5.75 Å². The molecule has 0 bridgehead atoms. The van der Waals surface area contributed by atoms with E-state index in [0.29, 0.717) is 28.0 Å². The summed E-state index contributed by atoms with van der Waals surface area (Å²) >= 11 is 11.7. The van der Waals surface area contributed by atoms with Crippen LogP contribution in [0.3, 0.4) is 0 Å². The summed E-state index contributed by atoms with van der Waals surface area (Å²) in [4.78, 5) is 11.8. The molecule has 1 heterocycles. The van der Waals surface area contributed by atoms with Gasteiger partial charge in [0.2, 0.25) is 0 Å². The lowest BCUT2D eigenvalue weighted by Gasteiger charge is -2.08. The van der Waals surface area contributed by atoms with Gasteiger partial charge in [0, 0.05) is 17.7 Å². The SMILES string of the molecule is O=C(COc1ccc(Cl)c(Cl)c1)Nc1ccc[n+](Cc2ccc(S(=O)(=O)F)cc2)c1. The Balaban J connectivity index is 1.59. The number of rotatable bonds is 7. The van der Waals surface area contributed by atoms with Crippen LogP contribution in [0.4, 0.5) is 9.57 Å². The van der Waals surface area contributed by atoms with E-state index in [9.17, 15) is 17.1 Å². The lowest BCUT2D eigenvalue weighted by Crippen LogP contribution is -2.34. The predicted molar refractivity (Wildman–Crippen MR) is 111 cm³/mol. The third kappa shape index (κ3) is 6.16. The van der Waals surface area contributed by atoms with Gasteiger partial charge in [-0.2, -0.15) is 13.0 Å². The van der Waals surface area contributed by atoms with Gasteiger partial charge in [0.1, 0.15) is 11.4 Å². The van der Waals surface area contributed by atoms with E-state index in [1.54, 1.807) is 41.2 Å². The second-order valence-electron chi connectivity index (χ2n) is 6.26. The Morgan fingerprint density at radius 3 is 2.47 bits per heavy atom. The number of hydrogen-bond acceptors (Lipinski definition) is 4. The Morgan fingerprint density at radius 2 is 1.80 bits per heavy atom. The van der Waals surface area contributed by atoms with Crippen LogP contribution in [-0.2, 0) is 21.6 Å². The molecule has 0 atom stereocenters. The van der Waals surface area contributed by atoms with Gasteiger partial charge in [-0.05, 0) is 30.3 Å². The maximum absolute atomic E-state index is 13.0. The Bertz CT molecular complexity index is 1170. The Morgan fingerprint density at radius 1 is 1.07 bits per heavy atom. The molecule has 3 aromatic rings. The van der Waals surface area contributed by atoms with Crippen molar-refractivity contribution in [2.75, 3.05) is 11.9 Å². The molecule has 0 unspecified atom stereocenters. The van der Waals surface area contributed by atoms with Crippen LogP contribution in [0.25, 0.3) is 0 Å². The first kappa shape index (κ1) is 22.0. The van der Waals surface area contributed by atoms with Crippen LogP contribution in [0, 0.1) is 0 Å². The second kappa shape index (κ2) is 9.42. The van der Waals surface area contributed by atoms with Crippen LogP contribution in [0.1, 0.15) is 5.56 Å². The zero-order valence-electron chi connectivity index (χ0n) is 15.4. The molecule has 0 saturated carbocycles. The van der Waals surface area contributed by atoms with E-state index in [2.05, 4.69) is 5.32 Å². The predicted octanol–water partition coefficient (Wildman–Crippen LogP) is 4.00. The molecule has 1 aromatic heterocycles. The van der Waals surface area contributed by atoms with Crippen LogP contribution in [0.2, 0.25) is 10.0 Å². The highest BCUT2D eigenvalue weighted by Crippen LogP contribution is 2.26. The van der Waals surface area contributed by atoms with E-state index in [4.69, 9.17) is 27.9 Å². The molecule has 156 valence electrons. The van der Waals surface area contributed by atoms with Gasteiger partial charge in [-0.15, -0.1) is 3.89 Å². The Labute approximate surface area is 183 Å². The van der Waals surface area contributed by atoms with Gasteiger partial charge in [0.05, 0.1) is 14.9 Å². The molecule has 0 aliphatic carbocycles. The maximum atomic E-state index is 13.0. The van der Waals surface area contributed by atoms with E-state index in [1.165, 1.54) is 30.3 Å². The molecule has 2 aromatic carbocycles. The van der Waals surface area contributed by atoms with Crippen molar-refractivity contribution in [2.24, 2.45) is 0 Å². The smallest absolute Gasteiger partial charge is 0.332 e. The Hall–Kier alpha value is -2.68. The van der Waals surface area contributed by atoms with E-state index < -0.39 is 10.2 Å². The summed E-state index contributed by atoms with van der Waals surface area (Å²) in [5.74, 6) is 0.0535. The maximum Gasteiger partial charge on any atom is 0.332 e. The van der Waals surface area contributed by atoms with Gasteiger partial charge in [0.15, 0.2) is 25.5 Å². The molecular formula is C20H16Cl2FN2O4S+. The first-order valence-corrected chi connectivity index (χ1v) is 10.7. The number of nitrogens with zero attached hydrogens (tertiary/aromatic N) is 1. The zero-order valence-corrected chi connectivity index (χ0v) is 17.7. The fourth-order valence-electron chi connectivity index (χ4n) is 2.58. The summed E-state index contributed by atoms with van der Waals surface area (Å²) in [6.45, 7) is 0.183. The van der Waals surface area contributed by atoms with Gasteiger partial charge in [-0.3, -0.25) is 4.79 Å². The molecule has 0 spiro atoms. The van der Waals surface area contributed by atoms with Crippen LogP contribution < -0.4 is 14.6 Å². The molecule has 0 saturated heterocycles. The number of aromatic nitrogens is 1. The highest BCUT2D eigenvalue weighted by Gasteiger charge is 2.13. The lowest BCUT2D eigenvalue weighted by molar-refractivity contribution is -0.687. The van der Waals surface area contributed by atoms with Crippen molar-refractivity contribution in [2.45, 2.75) is 11.4 Å². The molecule has 1 amide bonds. The van der Waals surface area contributed by atoms with Gasteiger partial charge in [0.25, 0.3) is 5.91 Å². The van der Waals surface area contributed by atoms with E-state index in [-0.39, 0.29) is 17.4 Å². The molecule has 1 N–H and O–H groups in total. The summed E-state index contributed by atoms with van der Waals surface area (Å²) in [6, 6.07) is 13.6. The van der Waals surface area contributed by atoms with Crippen molar-refractivity contribution < 1.29 is 26.4 Å². The molecule has 0 aliphatic heterocycles. The van der Waals surface area contributed by atoms with Crippen LogP contribution in [-0.4, -0.2) is 20.9 Å². The standard InChI is InChI=1S/C20H15Cl2FN2O4S/c21-18-8-5-16(10-19(18)22)29-13-20(26)24-15-2-1-9-25(12-15)11-14-3-6-17(7-4-14)30(23,27)28/h1-10,12H,11,13H2/p+1. The number of halogens is 3. The average molecular weight is 470 g/mol. The van der Waals surface area contributed by atoms with Crippen molar-refractivity contribution in [1.82, 2.24) is 0 Å². The fourth-order valence-corrected chi connectivity index (χ4v) is 3.32. The van der Waals surface area contributed by atoms with Gasteiger partial charge in [-0.1, -0.05) is 35.3 Å². The number of amides is 1. The van der Waals surface area contributed by atoms with Gasteiger partial charge in [-0.25, -0.2) is 0 Å². The minimum absolute atomic E-state index is 0.216. The highest BCUT2D eigenvalue weighted by atomic mass is 35.5. The fraction of sp³-hybridized carbons (Fsp3) is 0.100. The molecule has 10 heteroatoms.